The average Bonchev–Trinajstić information content (AvgIpc) is 2.44. The third kappa shape index (κ3) is 65.4. The monoisotopic (exact) mass is 1350 g/mol. The highest BCUT2D eigenvalue weighted by atomic mass is 31.2. The molecular formula is C73H142O17P2. The van der Waals surface area contributed by atoms with Crippen LogP contribution in [0.2, 0.25) is 0 Å². The van der Waals surface area contributed by atoms with E-state index >= 15 is 0 Å². The molecule has 0 aromatic carbocycles. The number of ether oxygens (including phenoxy) is 4. The third-order valence-corrected chi connectivity index (χ3v) is 19.1. The molecule has 0 aromatic heterocycles. The molecule has 92 heavy (non-hydrogen) atoms. The van der Waals surface area contributed by atoms with Crippen molar-refractivity contribution in [3.05, 3.63) is 0 Å². The molecule has 0 aliphatic heterocycles. The fourth-order valence-electron chi connectivity index (χ4n) is 11.0. The molecule has 546 valence electrons. The van der Waals surface area contributed by atoms with Crippen LogP contribution in [0.3, 0.4) is 0 Å². The predicted molar refractivity (Wildman–Crippen MR) is 372 cm³/mol. The van der Waals surface area contributed by atoms with Gasteiger partial charge in [0.05, 0.1) is 26.4 Å². The summed E-state index contributed by atoms with van der Waals surface area (Å²) < 4.78 is 68.4. The molecular weight excluding hydrogens is 1210 g/mol. The van der Waals surface area contributed by atoms with Crippen LogP contribution in [0.15, 0.2) is 0 Å². The largest absolute Gasteiger partial charge is 0.472 e. The van der Waals surface area contributed by atoms with Gasteiger partial charge in [-0.05, 0) is 49.4 Å². The second kappa shape index (κ2) is 62.6. The van der Waals surface area contributed by atoms with Crippen LogP contribution in [0.25, 0.3) is 0 Å². The first-order chi connectivity index (χ1) is 44.1. The number of aliphatic hydroxyl groups excluding tert-OH is 1. The van der Waals surface area contributed by atoms with Crippen molar-refractivity contribution in [1.29, 1.82) is 0 Å². The first kappa shape index (κ1) is 90.1. The summed E-state index contributed by atoms with van der Waals surface area (Å²) in [7, 11) is -9.91. The van der Waals surface area contributed by atoms with Crippen molar-refractivity contribution in [2.24, 2.45) is 23.7 Å². The lowest BCUT2D eigenvalue weighted by atomic mass is 10.00. The molecule has 0 radical (unpaired) electrons. The second-order valence-electron chi connectivity index (χ2n) is 28.0. The molecule has 0 heterocycles. The molecule has 0 aromatic rings. The van der Waals surface area contributed by atoms with Gasteiger partial charge in [-0.3, -0.25) is 37.3 Å². The van der Waals surface area contributed by atoms with E-state index in [1.807, 2.05) is 0 Å². The van der Waals surface area contributed by atoms with Crippen LogP contribution in [0.4, 0.5) is 0 Å². The van der Waals surface area contributed by atoms with Crippen LogP contribution in [0.5, 0.6) is 0 Å². The van der Waals surface area contributed by atoms with Gasteiger partial charge in [-0.1, -0.05) is 312 Å². The summed E-state index contributed by atoms with van der Waals surface area (Å²) in [6.07, 6.45) is 45.8. The maximum atomic E-state index is 13.0. The summed E-state index contributed by atoms with van der Waals surface area (Å²) in [6.45, 7) is 14.1. The lowest BCUT2D eigenvalue weighted by Crippen LogP contribution is -2.30. The van der Waals surface area contributed by atoms with Crippen molar-refractivity contribution in [1.82, 2.24) is 0 Å². The highest BCUT2D eigenvalue weighted by Gasteiger charge is 2.30. The van der Waals surface area contributed by atoms with E-state index in [0.717, 1.165) is 120 Å². The van der Waals surface area contributed by atoms with E-state index in [1.54, 1.807) is 0 Å². The van der Waals surface area contributed by atoms with Gasteiger partial charge in [0.25, 0.3) is 0 Å². The Hall–Kier alpha value is -1.94. The topological polar surface area (TPSA) is 237 Å². The van der Waals surface area contributed by atoms with Crippen molar-refractivity contribution in [2.45, 2.75) is 382 Å². The zero-order chi connectivity index (χ0) is 68.2. The minimum absolute atomic E-state index is 0.105. The van der Waals surface area contributed by atoms with E-state index < -0.39 is 97.5 Å². The first-order valence-corrected chi connectivity index (χ1v) is 40.7. The van der Waals surface area contributed by atoms with Gasteiger partial charge in [0.1, 0.15) is 19.3 Å². The molecule has 0 rings (SSSR count). The number of carbonyl (C=O) groups excluding carboxylic acids is 4. The number of phosphoric acid groups is 2. The van der Waals surface area contributed by atoms with Crippen molar-refractivity contribution in [3.63, 3.8) is 0 Å². The SMILES string of the molecule is CCC(C)CCCCCCCCC(=O)OC[C@H](COP(=O)(O)OC[C@H](O)COP(=O)(O)OC[C@@H](COC(=O)CCCCCCCCCCCCC(C)C)OC(=O)CCCCCCCCCCCCCC(C)C)OC(=O)CCCCCCCCCCCCCCC(C)C. The Morgan fingerprint density at radius 2 is 0.522 bits per heavy atom. The van der Waals surface area contributed by atoms with Crippen LogP contribution in [0.1, 0.15) is 364 Å². The van der Waals surface area contributed by atoms with Gasteiger partial charge in [-0.25, -0.2) is 9.13 Å². The molecule has 3 unspecified atom stereocenters. The number of esters is 4. The fraction of sp³-hybridized carbons (Fsp3) is 0.945. The Morgan fingerprint density at radius 1 is 0.304 bits per heavy atom. The molecule has 0 bridgehead atoms. The van der Waals surface area contributed by atoms with Crippen LogP contribution in [0, 0.1) is 23.7 Å². The zero-order valence-electron chi connectivity index (χ0n) is 60.2. The summed E-state index contributed by atoms with van der Waals surface area (Å²) in [6, 6.07) is 0. The molecule has 6 atom stereocenters. The van der Waals surface area contributed by atoms with Gasteiger partial charge in [0.2, 0.25) is 0 Å². The van der Waals surface area contributed by atoms with Crippen molar-refractivity contribution in [3.8, 4) is 0 Å². The van der Waals surface area contributed by atoms with Crippen molar-refractivity contribution < 1.29 is 80.2 Å². The zero-order valence-corrected chi connectivity index (χ0v) is 62.0. The molecule has 0 spiro atoms. The molecule has 0 fully saturated rings. The number of aliphatic hydroxyl groups is 1. The smallest absolute Gasteiger partial charge is 0.462 e. The van der Waals surface area contributed by atoms with Gasteiger partial charge in [-0.15, -0.1) is 0 Å². The van der Waals surface area contributed by atoms with E-state index in [2.05, 4.69) is 55.4 Å². The number of unbranched alkanes of at least 4 members (excludes halogenated alkanes) is 35. The van der Waals surface area contributed by atoms with E-state index in [0.29, 0.717) is 25.7 Å². The van der Waals surface area contributed by atoms with E-state index in [1.165, 1.54) is 161 Å². The summed E-state index contributed by atoms with van der Waals surface area (Å²) in [4.78, 5) is 72.7. The Labute approximate surface area is 562 Å². The Balaban J connectivity index is 5.27. The highest BCUT2D eigenvalue weighted by molar-refractivity contribution is 7.47. The molecule has 19 heteroatoms. The molecule has 0 saturated carbocycles. The summed E-state index contributed by atoms with van der Waals surface area (Å²) >= 11 is 0. The molecule has 17 nitrogen and oxygen atoms in total. The first-order valence-electron chi connectivity index (χ1n) is 37.7. The Kier molecular flexibility index (Phi) is 61.3. The number of phosphoric ester groups is 2. The second-order valence-corrected chi connectivity index (χ2v) is 30.9. The predicted octanol–water partition coefficient (Wildman–Crippen LogP) is 20.9. The van der Waals surface area contributed by atoms with E-state index in [4.69, 9.17) is 37.0 Å². The number of carbonyl (C=O) groups is 4. The van der Waals surface area contributed by atoms with Crippen LogP contribution < -0.4 is 0 Å². The van der Waals surface area contributed by atoms with Crippen LogP contribution in [-0.2, 0) is 65.4 Å². The normalized spacial score (nSPS) is 14.5. The van der Waals surface area contributed by atoms with Gasteiger partial charge in [0.15, 0.2) is 12.2 Å². The lowest BCUT2D eigenvalue weighted by Gasteiger charge is -2.21. The summed E-state index contributed by atoms with van der Waals surface area (Å²) in [5.74, 6) is 0.906. The number of hydrogen-bond acceptors (Lipinski definition) is 15. The van der Waals surface area contributed by atoms with Crippen LogP contribution in [-0.4, -0.2) is 96.7 Å². The molecule has 0 aliphatic rings. The lowest BCUT2D eigenvalue weighted by molar-refractivity contribution is -0.161. The van der Waals surface area contributed by atoms with E-state index in [9.17, 15) is 43.2 Å². The third-order valence-electron chi connectivity index (χ3n) is 17.2. The quantitative estimate of drug-likeness (QED) is 0.0222. The van der Waals surface area contributed by atoms with E-state index in [-0.39, 0.29) is 25.7 Å². The van der Waals surface area contributed by atoms with Gasteiger partial charge >= 0.3 is 39.5 Å². The standard InChI is InChI=1S/C73H142O17P2/c1-9-66(8)52-44-36-31-32-38-46-54-71(76)84-60-69(90-72(77)55-47-39-29-23-15-11-10-13-19-25-33-41-49-63(2)3)62-88-92(81,82)86-58-67(74)57-85-91(79,80)87-61-68(59-83-70(75)53-45-37-28-22-18-17-21-27-35-43-51-65(6)7)89-73(78)56-48-40-30-24-16-12-14-20-26-34-42-50-64(4)5/h63-69,74H,9-62H2,1-8H3,(H,79,80)(H,81,82)/t66?,67-,68-,69-/m1/s1. The highest BCUT2D eigenvalue weighted by Crippen LogP contribution is 2.45. The Bertz CT molecular complexity index is 1820. The van der Waals surface area contributed by atoms with Gasteiger partial charge < -0.3 is 33.8 Å². The number of rotatable bonds is 70. The summed E-state index contributed by atoms with van der Waals surface area (Å²) in [5, 5.41) is 10.6. The molecule has 3 N–H and O–H groups in total. The summed E-state index contributed by atoms with van der Waals surface area (Å²) in [5.41, 5.74) is 0. The molecule has 0 amide bonds. The maximum absolute atomic E-state index is 13.0. The minimum Gasteiger partial charge on any atom is -0.462 e. The van der Waals surface area contributed by atoms with Crippen molar-refractivity contribution in [2.75, 3.05) is 39.6 Å². The molecule has 0 aliphatic carbocycles. The Morgan fingerprint density at radius 3 is 0.772 bits per heavy atom. The number of hydrogen-bond donors (Lipinski definition) is 3. The molecule has 0 saturated heterocycles. The maximum Gasteiger partial charge on any atom is 0.472 e. The van der Waals surface area contributed by atoms with Crippen LogP contribution >= 0.6 is 15.6 Å². The van der Waals surface area contributed by atoms with Gasteiger partial charge in [-0.2, -0.15) is 0 Å². The average molecular weight is 1350 g/mol. The van der Waals surface area contributed by atoms with Crippen molar-refractivity contribution >= 4 is 39.5 Å². The fourth-order valence-corrected chi connectivity index (χ4v) is 12.6. The minimum atomic E-state index is -4.95. The van der Waals surface area contributed by atoms with Gasteiger partial charge in [0, 0.05) is 25.7 Å².